The van der Waals surface area contributed by atoms with Crippen LogP contribution in [-0.2, 0) is 61.3 Å². The Kier molecular flexibility index (Phi) is 21.1. The summed E-state index contributed by atoms with van der Waals surface area (Å²) in [5.74, 6) is -47.0. The number of halogens is 13. The highest BCUT2D eigenvalue weighted by Gasteiger charge is 2.90. The minimum Gasteiger partial charge on any atom is -0.478 e. The smallest absolute Gasteiger partial charge is 0.460 e. The molecule has 0 aliphatic carbocycles. The van der Waals surface area contributed by atoms with Crippen molar-refractivity contribution in [3.63, 3.8) is 0 Å². The van der Waals surface area contributed by atoms with Gasteiger partial charge in [-0.1, -0.05) is 39.5 Å². The Hall–Kier alpha value is -5.51. The van der Waals surface area contributed by atoms with E-state index in [4.69, 9.17) is 32.5 Å². The topological polar surface area (TPSA) is 187 Å². The minimum atomic E-state index is -8.25. The molecule has 0 radical (unpaired) electrons. The summed E-state index contributed by atoms with van der Waals surface area (Å²) in [5.41, 5.74) is -5.35. The van der Waals surface area contributed by atoms with Crippen LogP contribution in [0.25, 0.3) is 0 Å². The van der Waals surface area contributed by atoms with Gasteiger partial charge in [-0.15, -0.1) is 0 Å². The van der Waals surface area contributed by atoms with E-state index in [1.807, 2.05) is 0 Å². The van der Waals surface area contributed by atoms with Crippen LogP contribution >= 0.6 is 0 Å². The van der Waals surface area contributed by atoms with Gasteiger partial charge in [0.05, 0.1) is 17.4 Å². The molecular weight excluding hydrogens is 943 g/mol. The van der Waals surface area contributed by atoms with Crippen LogP contribution in [0.1, 0.15) is 12.8 Å². The van der Waals surface area contributed by atoms with Crippen molar-refractivity contribution in [2.45, 2.75) is 61.2 Å². The standard InChI is InChI=1S/C37H41F13O14Si/c1-8-24(51)58-16-30(15-23(6)29(56)57,17-59-25(52)9-2)21-63-65(7,14-13-32(38,39)33(40,41)34(42,43)35(44,45)36(46,47)37(48,49)50)64-22-31(18-60-26(53)10-3,19-61-27(54)11-4)20-62-28(55)12-5/h8-12H,1-6,13-22H2,7H3,(H,56,57). The lowest BCUT2D eigenvalue weighted by Gasteiger charge is -2.41. The third-order valence-corrected chi connectivity index (χ3v) is 11.3. The quantitative estimate of drug-likeness (QED) is 0.0249. The van der Waals surface area contributed by atoms with Crippen molar-refractivity contribution in [2.75, 3.05) is 46.2 Å². The summed E-state index contributed by atoms with van der Waals surface area (Å²) in [6.45, 7) is 11.4. The Morgan fingerprint density at radius 1 is 0.492 bits per heavy atom. The molecule has 368 valence electrons. The molecule has 0 saturated heterocycles. The first-order chi connectivity index (χ1) is 29.5. The van der Waals surface area contributed by atoms with E-state index in [0.29, 0.717) is 36.9 Å². The number of rotatable bonds is 31. The molecule has 14 nitrogen and oxygen atoms in total. The van der Waals surface area contributed by atoms with Crippen molar-refractivity contribution >= 4 is 44.4 Å². The lowest BCUT2D eigenvalue weighted by atomic mass is 9.84. The molecular formula is C37H41F13O14Si. The molecule has 65 heavy (non-hydrogen) atoms. The predicted octanol–water partition coefficient (Wildman–Crippen LogP) is 6.87. The van der Waals surface area contributed by atoms with E-state index in [1.165, 1.54) is 0 Å². The summed E-state index contributed by atoms with van der Waals surface area (Å²) in [7, 11) is -5.28. The second-order valence-corrected chi connectivity index (χ2v) is 17.2. The van der Waals surface area contributed by atoms with Gasteiger partial charge >= 0.3 is 80.2 Å². The van der Waals surface area contributed by atoms with E-state index in [1.54, 1.807) is 0 Å². The van der Waals surface area contributed by atoms with Crippen LogP contribution in [0.3, 0.4) is 0 Å². The van der Waals surface area contributed by atoms with E-state index in [9.17, 15) is 82.2 Å². The second kappa shape index (κ2) is 23.1. The fraction of sp³-hybridized carbons (Fsp3) is 0.514. The lowest BCUT2D eigenvalue weighted by molar-refractivity contribution is -0.440. The average molecular weight is 985 g/mol. The third kappa shape index (κ3) is 15.6. The fourth-order valence-electron chi connectivity index (χ4n) is 4.61. The molecule has 0 rings (SSSR count). The van der Waals surface area contributed by atoms with Crippen LogP contribution in [0.2, 0.25) is 12.6 Å². The van der Waals surface area contributed by atoms with Gasteiger partial charge in [0.1, 0.15) is 33.0 Å². The number of aliphatic carboxylic acids is 1. The molecule has 0 aliphatic heterocycles. The number of carboxylic acid groups (broad SMARTS) is 1. The summed E-state index contributed by atoms with van der Waals surface area (Å²) in [5, 5.41) is 9.58. The van der Waals surface area contributed by atoms with Gasteiger partial charge in [0, 0.05) is 49.0 Å². The van der Waals surface area contributed by atoms with E-state index in [-0.39, 0.29) is 0 Å². The molecule has 0 bridgehead atoms. The fourth-order valence-corrected chi connectivity index (χ4v) is 6.98. The highest BCUT2D eigenvalue weighted by molar-refractivity contribution is 6.66. The number of carboxylic acids is 1. The van der Waals surface area contributed by atoms with Crippen LogP contribution < -0.4 is 0 Å². The molecule has 1 atom stereocenters. The SMILES string of the molecule is C=CC(=O)OCC(COC(=O)C=C)(COC(=O)C=C)CO[Si](C)(CCC(F)(F)C(F)(F)C(F)(F)C(F)(F)C(F)(F)C(F)(F)F)OCC(COC(=O)C=C)(COC(=O)C=C)CC(=C)C(=O)O. The lowest BCUT2D eigenvalue weighted by Crippen LogP contribution is -2.70. The van der Waals surface area contributed by atoms with Crippen molar-refractivity contribution in [2.24, 2.45) is 10.8 Å². The molecule has 0 aromatic heterocycles. The van der Waals surface area contributed by atoms with Gasteiger partial charge in [0.2, 0.25) is 0 Å². The number of hydrogen-bond acceptors (Lipinski definition) is 13. The highest BCUT2D eigenvalue weighted by atomic mass is 28.4. The monoisotopic (exact) mass is 984 g/mol. The van der Waals surface area contributed by atoms with Gasteiger partial charge in [-0.05, 0) is 19.0 Å². The molecule has 0 aliphatic rings. The number of carbonyl (C=O) groups excluding carboxylic acids is 5. The van der Waals surface area contributed by atoms with Gasteiger partial charge in [-0.3, -0.25) is 0 Å². The van der Waals surface area contributed by atoms with Gasteiger partial charge in [-0.25, -0.2) is 28.8 Å². The zero-order valence-electron chi connectivity index (χ0n) is 33.9. The molecule has 0 saturated carbocycles. The van der Waals surface area contributed by atoms with Crippen molar-refractivity contribution < 1.29 is 123 Å². The molecule has 0 aromatic carbocycles. The maximum absolute atomic E-state index is 15.3. The summed E-state index contributed by atoms with van der Waals surface area (Å²) < 4.78 is 219. The largest absolute Gasteiger partial charge is 0.478 e. The number of ether oxygens (including phenoxy) is 5. The zero-order chi connectivity index (χ0) is 51.1. The number of carbonyl (C=O) groups is 6. The molecule has 1 N–H and O–H groups in total. The minimum absolute atomic E-state index is 0.554. The molecule has 0 spiro atoms. The summed E-state index contributed by atoms with van der Waals surface area (Å²) in [4.78, 5) is 72.3. The van der Waals surface area contributed by atoms with E-state index in [2.05, 4.69) is 39.5 Å². The normalized spacial score (nSPS) is 13.8. The zero-order valence-corrected chi connectivity index (χ0v) is 34.9. The van der Waals surface area contributed by atoms with Crippen molar-refractivity contribution in [3.05, 3.63) is 75.4 Å². The molecule has 0 aromatic rings. The molecule has 0 fully saturated rings. The van der Waals surface area contributed by atoms with Crippen molar-refractivity contribution in [3.8, 4) is 0 Å². The first-order valence-corrected chi connectivity index (χ1v) is 20.1. The van der Waals surface area contributed by atoms with Crippen LogP contribution in [0, 0.1) is 10.8 Å². The highest BCUT2D eigenvalue weighted by Crippen LogP contribution is 2.61. The Bertz CT molecular complexity index is 1730. The number of hydrogen-bond donors (Lipinski definition) is 1. The summed E-state index contributed by atoms with van der Waals surface area (Å²) >= 11 is 0. The molecule has 28 heteroatoms. The maximum Gasteiger partial charge on any atom is 0.460 e. The number of esters is 5. The second-order valence-electron chi connectivity index (χ2n) is 13.9. The van der Waals surface area contributed by atoms with E-state index < -0.39 is 162 Å². The first kappa shape index (κ1) is 59.5. The molecule has 1 unspecified atom stereocenters. The van der Waals surface area contributed by atoms with Gasteiger partial charge < -0.3 is 37.6 Å². The van der Waals surface area contributed by atoms with Gasteiger partial charge in [-0.2, -0.15) is 57.1 Å². The Morgan fingerprint density at radius 3 is 1.08 bits per heavy atom. The van der Waals surface area contributed by atoms with E-state index >= 15 is 8.78 Å². The maximum atomic E-state index is 15.3. The number of alkyl halides is 13. The summed E-state index contributed by atoms with van der Waals surface area (Å²) in [6.07, 6.45) is -8.77. The molecule has 0 heterocycles. The van der Waals surface area contributed by atoms with E-state index in [0.717, 1.165) is 0 Å². The first-order valence-electron chi connectivity index (χ1n) is 17.6. The third-order valence-electron chi connectivity index (χ3n) is 8.59. The Morgan fingerprint density at radius 2 is 0.785 bits per heavy atom. The van der Waals surface area contributed by atoms with Crippen molar-refractivity contribution in [1.82, 2.24) is 0 Å². The van der Waals surface area contributed by atoms with Crippen LogP contribution in [-0.4, -0.2) is 132 Å². The van der Waals surface area contributed by atoms with Crippen LogP contribution in [0.15, 0.2) is 75.4 Å². The van der Waals surface area contributed by atoms with Crippen LogP contribution in [0.5, 0.6) is 0 Å². The Balaban J connectivity index is 7.93. The molecule has 0 amide bonds. The van der Waals surface area contributed by atoms with Gasteiger partial charge in [0.25, 0.3) is 0 Å². The predicted molar refractivity (Wildman–Crippen MR) is 196 cm³/mol. The Labute approximate surface area is 361 Å². The summed E-state index contributed by atoms with van der Waals surface area (Å²) in [6, 6.07) is -1.93. The van der Waals surface area contributed by atoms with Crippen LogP contribution in [0.4, 0.5) is 57.1 Å². The van der Waals surface area contributed by atoms with Crippen molar-refractivity contribution in [1.29, 1.82) is 0 Å². The van der Waals surface area contributed by atoms with Gasteiger partial charge in [0.15, 0.2) is 0 Å². The average Bonchev–Trinajstić information content (AvgIpc) is 3.23.